The van der Waals surface area contributed by atoms with Gasteiger partial charge in [0.15, 0.2) is 5.78 Å². The lowest BCUT2D eigenvalue weighted by Crippen LogP contribution is -2.24. The van der Waals surface area contributed by atoms with Crippen molar-refractivity contribution in [3.63, 3.8) is 0 Å². The number of rotatable bonds is 7. The number of hydrogen-bond acceptors (Lipinski definition) is 6. The fourth-order valence-electron chi connectivity index (χ4n) is 3.25. The van der Waals surface area contributed by atoms with E-state index < -0.39 is 0 Å². The van der Waals surface area contributed by atoms with Crippen molar-refractivity contribution < 1.29 is 9.59 Å². The van der Waals surface area contributed by atoms with Crippen LogP contribution in [0, 0.1) is 0 Å². The minimum Gasteiger partial charge on any atom is -0.325 e. The van der Waals surface area contributed by atoms with E-state index in [-0.39, 0.29) is 16.9 Å². The van der Waals surface area contributed by atoms with Crippen molar-refractivity contribution in [3.8, 4) is 11.1 Å². The van der Waals surface area contributed by atoms with Crippen LogP contribution < -0.4 is 5.32 Å². The van der Waals surface area contributed by atoms with Crippen LogP contribution in [0.15, 0.2) is 65.3 Å². The Balaban J connectivity index is 1.59. The smallest absolute Gasteiger partial charge is 0.237 e. The second-order valence-corrected chi connectivity index (χ2v) is 9.64. The highest BCUT2D eigenvalue weighted by molar-refractivity contribution is 8.00. The number of fused-ring (bicyclic) bond motifs is 1. The number of anilines is 1. The van der Waals surface area contributed by atoms with Gasteiger partial charge < -0.3 is 5.32 Å². The number of Topliss-reactive ketones (excluding diaryl/α,β-unsaturated/α-hetero) is 1. The summed E-state index contributed by atoms with van der Waals surface area (Å²) in [6, 6.07) is 14.6. The van der Waals surface area contributed by atoms with Gasteiger partial charge in [-0.05, 0) is 55.3 Å². The van der Waals surface area contributed by atoms with Crippen molar-refractivity contribution in [2.75, 3.05) is 5.32 Å². The van der Waals surface area contributed by atoms with Gasteiger partial charge in [-0.15, -0.1) is 11.3 Å². The number of nitrogens with one attached hydrogen (secondary N) is 1. The minimum atomic E-state index is -0.335. The number of halogens is 1. The molecule has 5 nitrogen and oxygen atoms in total. The Morgan fingerprint density at radius 2 is 1.81 bits per heavy atom. The summed E-state index contributed by atoms with van der Waals surface area (Å²) in [5.41, 5.74) is 3.32. The lowest BCUT2D eigenvalue weighted by molar-refractivity contribution is -0.115. The molecule has 0 spiro atoms. The highest BCUT2D eigenvalue weighted by Gasteiger charge is 2.22. The number of ketones is 1. The van der Waals surface area contributed by atoms with Crippen LogP contribution in [0.25, 0.3) is 21.3 Å². The molecule has 8 heteroatoms. The number of carbonyl (C=O) groups is 2. The lowest BCUT2D eigenvalue weighted by atomic mass is 10.1. The van der Waals surface area contributed by atoms with E-state index in [1.54, 1.807) is 35.6 Å². The molecule has 4 aromatic rings. The van der Waals surface area contributed by atoms with Gasteiger partial charge in [0.2, 0.25) is 5.91 Å². The quantitative estimate of drug-likeness (QED) is 0.180. The first kappa shape index (κ1) is 22.5. The number of hydrogen-bond donors (Lipinski definition) is 1. The van der Waals surface area contributed by atoms with Crippen LogP contribution in [-0.2, 0) is 4.79 Å². The molecule has 0 aliphatic rings. The van der Waals surface area contributed by atoms with Crippen LogP contribution >= 0.6 is 34.7 Å². The Morgan fingerprint density at radius 3 is 2.47 bits per heavy atom. The highest BCUT2D eigenvalue weighted by atomic mass is 35.5. The zero-order valence-electron chi connectivity index (χ0n) is 17.5. The summed E-state index contributed by atoms with van der Waals surface area (Å²) in [5, 5.41) is 7.07. The van der Waals surface area contributed by atoms with Crippen molar-refractivity contribution in [1.29, 1.82) is 0 Å². The molecule has 2 heterocycles. The van der Waals surface area contributed by atoms with E-state index in [0.717, 1.165) is 26.4 Å². The molecule has 1 amide bonds. The van der Waals surface area contributed by atoms with Crippen LogP contribution in [-0.4, -0.2) is 26.9 Å². The van der Waals surface area contributed by atoms with Crippen molar-refractivity contribution in [2.45, 2.75) is 30.5 Å². The lowest BCUT2D eigenvalue weighted by Gasteiger charge is -2.15. The van der Waals surface area contributed by atoms with Gasteiger partial charge in [0.1, 0.15) is 16.2 Å². The molecule has 0 bridgehead atoms. The van der Waals surface area contributed by atoms with Crippen LogP contribution in [0.4, 0.5) is 5.69 Å². The number of aromatic nitrogens is 2. The van der Waals surface area contributed by atoms with Gasteiger partial charge in [0.05, 0.1) is 10.6 Å². The molecule has 0 saturated heterocycles. The average molecular weight is 482 g/mol. The Labute approximate surface area is 199 Å². The molecule has 32 heavy (non-hydrogen) atoms. The number of benzene rings is 2. The molecular formula is C24H20ClN3O2S2. The Kier molecular flexibility index (Phi) is 6.89. The summed E-state index contributed by atoms with van der Waals surface area (Å²) < 4.78 is 0. The summed E-state index contributed by atoms with van der Waals surface area (Å²) in [7, 11) is 0. The van der Waals surface area contributed by atoms with Crippen molar-refractivity contribution in [2.24, 2.45) is 0 Å². The van der Waals surface area contributed by atoms with Gasteiger partial charge in [-0.25, -0.2) is 9.97 Å². The predicted molar refractivity (Wildman–Crippen MR) is 133 cm³/mol. The monoisotopic (exact) mass is 481 g/mol. The largest absolute Gasteiger partial charge is 0.325 e. The normalized spacial score (nSPS) is 12.0. The third kappa shape index (κ3) is 4.85. The molecule has 1 atom stereocenters. The Morgan fingerprint density at radius 1 is 1.09 bits per heavy atom. The molecule has 0 saturated carbocycles. The molecule has 0 radical (unpaired) electrons. The highest BCUT2D eigenvalue weighted by Crippen LogP contribution is 2.39. The van der Waals surface area contributed by atoms with Crippen molar-refractivity contribution >= 4 is 62.3 Å². The number of amides is 1. The SMILES string of the molecule is CCC(Sc1ncnc2scc(-c3ccc(Cl)cc3)c12)C(=O)Nc1ccc(C(C)=O)cc1. The van der Waals surface area contributed by atoms with Gasteiger partial charge >= 0.3 is 0 Å². The van der Waals surface area contributed by atoms with Crippen LogP contribution in [0.2, 0.25) is 5.02 Å². The first-order valence-electron chi connectivity index (χ1n) is 10.0. The molecule has 4 rings (SSSR count). The van der Waals surface area contributed by atoms with E-state index in [9.17, 15) is 9.59 Å². The van der Waals surface area contributed by atoms with Gasteiger partial charge in [-0.3, -0.25) is 9.59 Å². The van der Waals surface area contributed by atoms with E-state index in [0.29, 0.717) is 22.7 Å². The maximum atomic E-state index is 13.0. The third-order valence-corrected chi connectivity index (χ3v) is 7.47. The Bertz CT molecular complexity index is 1270. The fourth-order valence-corrected chi connectivity index (χ4v) is 5.39. The van der Waals surface area contributed by atoms with Crippen LogP contribution in [0.5, 0.6) is 0 Å². The fraction of sp³-hybridized carbons (Fsp3) is 0.167. The summed E-state index contributed by atoms with van der Waals surface area (Å²) in [5.74, 6) is -0.118. The summed E-state index contributed by atoms with van der Waals surface area (Å²) >= 11 is 9.03. The van der Waals surface area contributed by atoms with Gasteiger partial charge in [0, 0.05) is 27.2 Å². The van der Waals surface area contributed by atoms with E-state index in [1.807, 2.05) is 31.2 Å². The Hall–Kier alpha value is -2.74. The van der Waals surface area contributed by atoms with Crippen LogP contribution in [0.3, 0.4) is 0 Å². The third-order valence-electron chi connectivity index (χ3n) is 4.97. The molecule has 0 aliphatic carbocycles. The number of carbonyl (C=O) groups excluding carboxylic acids is 2. The van der Waals surface area contributed by atoms with E-state index in [2.05, 4.69) is 20.7 Å². The van der Waals surface area contributed by atoms with Crippen molar-refractivity contribution in [1.82, 2.24) is 9.97 Å². The first-order chi connectivity index (χ1) is 15.5. The zero-order valence-corrected chi connectivity index (χ0v) is 19.9. The van der Waals surface area contributed by atoms with E-state index in [4.69, 9.17) is 11.6 Å². The average Bonchev–Trinajstić information content (AvgIpc) is 3.23. The summed E-state index contributed by atoms with van der Waals surface area (Å²) in [6.45, 7) is 3.49. The minimum absolute atomic E-state index is 0.00935. The zero-order chi connectivity index (χ0) is 22.7. The standard InChI is InChI=1S/C24H20ClN3O2S2/c1-3-20(22(30)28-18-10-6-15(7-11-18)14(2)29)32-24-21-19(12-31-23(21)26-13-27-24)16-4-8-17(25)9-5-16/h4-13,20H,3H2,1-2H3,(H,28,30). The maximum Gasteiger partial charge on any atom is 0.237 e. The van der Waals surface area contributed by atoms with Gasteiger partial charge in [0.25, 0.3) is 0 Å². The van der Waals surface area contributed by atoms with Gasteiger partial charge in [-0.1, -0.05) is 42.4 Å². The molecule has 2 aromatic carbocycles. The molecule has 1 N–H and O–H groups in total. The number of nitrogens with zero attached hydrogens (tertiary/aromatic N) is 2. The molecule has 2 aromatic heterocycles. The van der Waals surface area contributed by atoms with Gasteiger partial charge in [-0.2, -0.15) is 0 Å². The second-order valence-electron chi connectivity index (χ2n) is 7.15. The topological polar surface area (TPSA) is 72.0 Å². The second kappa shape index (κ2) is 9.81. The molecule has 1 unspecified atom stereocenters. The molecular weight excluding hydrogens is 462 g/mol. The van der Waals surface area contributed by atoms with E-state index in [1.165, 1.54) is 25.0 Å². The molecule has 0 fully saturated rings. The summed E-state index contributed by atoms with van der Waals surface area (Å²) in [4.78, 5) is 34.2. The molecule has 0 aliphatic heterocycles. The van der Waals surface area contributed by atoms with Crippen LogP contribution in [0.1, 0.15) is 30.6 Å². The van der Waals surface area contributed by atoms with E-state index >= 15 is 0 Å². The molecule has 162 valence electrons. The predicted octanol–water partition coefficient (Wildman–Crippen LogP) is 6.72. The van der Waals surface area contributed by atoms with Crippen molar-refractivity contribution in [3.05, 3.63) is 70.8 Å². The maximum absolute atomic E-state index is 13.0. The number of thiophene rings is 1. The first-order valence-corrected chi connectivity index (χ1v) is 12.2. The summed E-state index contributed by atoms with van der Waals surface area (Å²) in [6.07, 6.45) is 2.17. The number of thioether (sulfide) groups is 1.